The van der Waals surface area contributed by atoms with E-state index in [1.54, 1.807) is 32.0 Å². The number of esters is 1. The van der Waals surface area contributed by atoms with Crippen LogP contribution < -0.4 is 9.47 Å². The van der Waals surface area contributed by atoms with Gasteiger partial charge in [0, 0.05) is 0 Å². The fourth-order valence-electron chi connectivity index (χ4n) is 1.73. The van der Waals surface area contributed by atoms with Crippen LogP contribution in [0.1, 0.15) is 19.4 Å². The van der Waals surface area contributed by atoms with Gasteiger partial charge in [0.15, 0.2) is 11.5 Å². The standard InChI is InChI=1S/C15H15NO4/c1-10(2)20-15(17)12(9-16)7-11-3-4-13-14(8-11)19-6-5-18-13/h3-4,7-8,10H,5-6H2,1-2H3/b12-7+. The van der Waals surface area contributed by atoms with Gasteiger partial charge in [0.2, 0.25) is 0 Å². The normalized spacial score (nSPS) is 13.8. The maximum atomic E-state index is 11.7. The van der Waals surface area contributed by atoms with Crippen LogP contribution in [0.5, 0.6) is 11.5 Å². The van der Waals surface area contributed by atoms with Gasteiger partial charge in [-0.3, -0.25) is 0 Å². The Kier molecular flexibility index (Phi) is 4.26. The van der Waals surface area contributed by atoms with Crippen LogP contribution >= 0.6 is 0 Å². The zero-order valence-electron chi connectivity index (χ0n) is 11.4. The molecule has 0 unspecified atom stereocenters. The highest BCUT2D eigenvalue weighted by atomic mass is 16.6. The van der Waals surface area contributed by atoms with E-state index in [1.807, 2.05) is 6.07 Å². The molecular weight excluding hydrogens is 258 g/mol. The first-order valence-corrected chi connectivity index (χ1v) is 6.32. The summed E-state index contributed by atoms with van der Waals surface area (Å²) in [7, 11) is 0. The predicted octanol–water partition coefficient (Wildman–Crippen LogP) is 2.32. The van der Waals surface area contributed by atoms with Crippen molar-refractivity contribution in [3.8, 4) is 17.6 Å². The zero-order chi connectivity index (χ0) is 14.5. The molecule has 1 heterocycles. The van der Waals surface area contributed by atoms with E-state index in [2.05, 4.69) is 0 Å². The number of benzene rings is 1. The van der Waals surface area contributed by atoms with E-state index in [1.165, 1.54) is 6.08 Å². The highest BCUT2D eigenvalue weighted by Gasteiger charge is 2.14. The number of hydrogen-bond acceptors (Lipinski definition) is 5. The summed E-state index contributed by atoms with van der Waals surface area (Å²) in [5, 5.41) is 9.03. The molecule has 1 aliphatic rings. The van der Waals surface area contributed by atoms with Crippen molar-refractivity contribution in [2.75, 3.05) is 13.2 Å². The lowest BCUT2D eigenvalue weighted by atomic mass is 10.1. The first-order chi connectivity index (χ1) is 9.60. The first kappa shape index (κ1) is 13.9. The van der Waals surface area contributed by atoms with Gasteiger partial charge in [-0.15, -0.1) is 0 Å². The third-order valence-corrected chi connectivity index (χ3v) is 2.56. The summed E-state index contributed by atoms with van der Waals surface area (Å²) >= 11 is 0. The van der Waals surface area contributed by atoms with Crippen LogP contribution in [0.2, 0.25) is 0 Å². The molecule has 0 aliphatic carbocycles. The SMILES string of the molecule is CC(C)OC(=O)/C(C#N)=C/c1ccc2c(c1)OCCO2. The number of nitrogens with zero attached hydrogens (tertiary/aromatic N) is 1. The molecule has 1 aliphatic heterocycles. The largest absolute Gasteiger partial charge is 0.486 e. The Balaban J connectivity index is 2.24. The summed E-state index contributed by atoms with van der Waals surface area (Å²) in [6.07, 6.45) is 1.21. The third kappa shape index (κ3) is 3.29. The van der Waals surface area contributed by atoms with Crippen molar-refractivity contribution >= 4 is 12.0 Å². The maximum Gasteiger partial charge on any atom is 0.349 e. The zero-order valence-corrected chi connectivity index (χ0v) is 11.4. The van der Waals surface area contributed by atoms with Gasteiger partial charge >= 0.3 is 5.97 Å². The maximum absolute atomic E-state index is 11.7. The Morgan fingerprint density at radius 1 is 1.35 bits per heavy atom. The number of rotatable bonds is 3. The van der Waals surface area contributed by atoms with Crippen molar-refractivity contribution in [2.24, 2.45) is 0 Å². The van der Waals surface area contributed by atoms with E-state index >= 15 is 0 Å². The number of nitriles is 1. The average molecular weight is 273 g/mol. The molecule has 20 heavy (non-hydrogen) atoms. The molecule has 1 aromatic rings. The van der Waals surface area contributed by atoms with Gasteiger partial charge in [-0.1, -0.05) is 6.07 Å². The van der Waals surface area contributed by atoms with Gasteiger partial charge in [0.1, 0.15) is 24.9 Å². The van der Waals surface area contributed by atoms with E-state index in [-0.39, 0.29) is 11.7 Å². The molecule has 0 radical (unpaired) electrons. The van der Waals surface area contributed by atoms with Gasteiger partial charge < -0.3 is 14.2 Å². The molecule has 0 bridgehead atoms. The summed E-state index contributed by atoms with van der Waals surface area (Å²) in [6.45, 7) is 4.47. The number of fused-ring (bicyclic) bond motifs is 1. The predicted molar refractivity (Wildman–Crippen MR) is 72.3 cm³/mol. The van der Waals surface area contributed by atoms with Crippen molar-refractivity contribution in [3.63, 3.8) is 0 Å². The molecule has 0 saturated carbocycles. The van der Waals surface area contributed by atoms with Crippen LogP contribution in [0.3, 0.4) is 0 Å². The molecule has 5 nitrogen and oxygen atoms in total. The minimum atomic E-state index is -0.627. The van der Waals surface area contributed by atoms with Crippen molar-refractivity contribution < 1.29 is 19.0 Å². The minimum absolute atomic E-state index is 0.0459. The molecular formula is C15H15NO4. The van der Waals surface area contributed by atoms with Gasteiger partial charge in [0.05, 0.1) is 6.10 Å². The summed E-state index contributed by atoms with van der Waals surface area (Å²) in [6, 6.07) is 7.09. The minimum Gasteiger partial charge on any atom is -0.486 e. The van der Waals surface area contributed by atoms with E-state index in [0.717, 1.165) is 0 Å². The number of hydrogen-bond donors (Lipinski definition) is 0. The molecule has 5 heteroatoms. The molecule has 1 aromatic carbocycles. The summed E-state index contributed by atoms with van der Waals surface area (Å²) in [5.41, 5.74) is 0.641. The first-order valence-electron chi connectivity index (χ1n) is 6.32. The molecule has 0 N–H and O–H groups in total. The van der Waals surface area contributed by atoms with Crippen molar-refractivity contribution in [1.82, 2.24) is 0 Å². The average Bonchev–Trinajstić information content (AvgIpc) is 2.43. The second kappa shape index (κ2) is 6.11. The topological polar surface area (TPSA) is 68.6 Å². The van der Waals surface area contributed by atoms with Crippen LogP contribution in [0.4, 0.5) is 0 Å². The second-order valence-corrected chi connectivity index (χ2v) is 4.53. The molecule has 2 rings (SSSR count). The fourth-order valence-corrected chi connectivity index (χ4v) is 1.73. The number of carbonyl (C=O) groups is 1. The Morgan fingerprint density at radius 2 is 2.05 bits per heavy atom. The molecule has 0 fully saturated rings. The summed E-state index contributed by atoms with van der Waals surface area (Å²) in [5.74, 6) is 0.647. The quantitative estimate of drug-likeness (QED) is 0.480. The number of carbonyl (C=O) groups excluding carboxylic acids is 1. The summed E-state index contributed by atoms with van der Waals surface area (Å²) < 4.78 is 15.9. The van der Waals surface area contributed by atoms with Crippen molar-refractivity contribution in [3.05, 3.63) is 29.3 Å². The summed E-state index contributed by atoms with van der Waals surface area (Å²) in [4.78, 5) is 11.7. The van der Waals surface area contributed by atoms with Gasteiger partial charge in [-0.25, -0.2) is 4.79 Å². The number of ether oxygens (including phenoxy) is 3. The third-order valence-electron chi connectivity index (χ3n) is 2.56. The lowest BCUT2D eigenvalue weighted by Gasteiger charge is -2.18. The van der Waals surface area contributed by atoms with E-state index in [4.69, 9.17) is 19.5 Å². The lowest BCUT2D eigenvalue weighted by molar-refractivity contribution is -0.142. The second-order valence-electron chi connectivity index (χ2n) is 4.53. The van der Waals surface area contributed by atoms with E-state index < -0.39 is 5.97 Å². The van der Waals surface area contributed by atoms with Crippen molar-refractivity contribution in [2.45, 2.75) is 20.0 Å². The highest BCUT2D eigenvalue weighted by Crippen LogP contribution is 2.31. The Morgan fingerprint density at radius 3 is 2.70 bits per heavy atom. The Labute approximate surface area is 117 Å². The monoisotopic (exact) mass is 273 g/mol. The van der Waals surface area contributed by atoms with E-state index in [9.17, 15) is 4.79 Å². The Hall–Kier alpha value is -2.48. The smallest absolute Gasteiger partial charge is 0.349 e. The van der Waals surface area contributed by atoms with Crippen LogP contribution in [0, 0.1) is 11.3 Å². The van der Waals surface area contributed by atoms with Gasteiger partial charge in [-0.05, 0) is 37.6 Å². The molecule has 0 spiro atoms. The van der Waals surface area contributed by atoms with Crippen molar-refractivity contribution in [1.29, 1.82) is 5.26 Å². The molecule has 0 saturated heterocycles. The lowest BCUT2D eigenvalue weighted by Crippen LogP contribution is -2.15. The van der Waals surface area contributed by atoms with Crippen LogP contribution in [0.15, 0.2) is 23.8 Å². The van der Waals surface area contributed by atoms with E-state index in [0.29, 0.717) is 30.3 Å². The fraction of sp³-hybridized carbons (Fsp3) is 0.333. The van der Waals surface area contributed by atoms with Gasteiger partial charge in [-0.2, -0.15) is 5.26 Å². The van der Waals surface area contributed by atoms with Gasteiger partial charge in [0.25, 0.3) is 0 Å². The molecule has 0 amide bonds. The molecule has 0 atom stereocenters. The van der Waals surface area contributed by atoms with Crippen LogP contribution in [0.25, 0.3) is 6.08 Å². The van der Waals surface area contributed by atoms with Crippen LogP contribution in [-0.2, 0) is 9.53 Å². The molecule has 0 aromatic heterocycles. The highest BCUT2D eigenvalue weighted by molar-refractivity contribution is 5.98. The molecule has 104 valence electrons. The van der Waals surface area contributed by atoms with Crippen LogP contribution in [-0.4, -0.2) is 25.3 Å². The Bertz CT molecular complexity index is 584.